The molecule has 1 saturated heterocycles. The zero-order valence-corrected chi connectivity index (χ0v) is 14.1. The molecular weight excluding hydrogens is 345 g/mol. The van der Waals surface area contributed by atoms with Gasteiger partial charge in [-0.15, -0.1) is 0 Å². The standard InChI is InChI=1S/C15H17Cl2NO5/c1-7(2)22-13-6-10(8(16)5-9(13)17)18-14(19)11-3-4-12(23-11)15(20)21/h5-7,11-12H,3-4H2,1-2H3,(H,18,19)(H,20,21)/t11?,12-/m1/s1. The molecular formula is C15H17Cl2NO5. The molecule has 0 aliphatic carbocycles. The van der Waals surface area contributed by atoms with Crippen LogP contribution in [-0.2, 0) is 14.3 Å². The number of rotatable bonds is 5. The summed E-state index contributed by atoms with van der Waals surface area (Å²) in [7, 11) is 0. The molecule has 1 unspecified atom stereocenters. The molecule has 0 radical (unpaired) electrons. The van der Waals surface area contributed by atoms with Gasteiger partial charge in [0, 0.05) is 6.07 Å². The van der Waals surface area contributed by atoms with E-state index in [4.69, 9.17) is 37.8 Å². The fourth-order valence-electron chi connectivity index (χ4n) is 2.19. The van der Waals surface area contributed by atoms with Crippen LogP contribution >= 0.6 is 23.2 Å². The van der Waals surface area contributed by atoms with Crippen molar-refractivity contribution in [1.29, 1.82) is 0 Å². The molecule has 23 heavy (non-hydrogen) atoms. The van der Waals surface area contributed by atoms with Gasteiger partial charge in [0.2, 0.25) is 0 Å². The van der Waals surface area contributed by atoms with Gasteiger partial charge in [0.1, 0.15) is 11.9 Å². The number of halogens is 2. The molecule has 1 fully saturated rings. The van der Waals surface area contributed by atoms with Crippen molar-refractivity contribution < 1.29 is 24.2 Å². The molecule has 8 heteroatoms. The van der Waals surface area contributed by atoms with Crippen LogP contribution < -0.4 is 10.1 Å². The molecule has 0 saturated carbocycles. The number of anilines is 1. The number of carboxylic acid groups (broad SMARTS) is 1. The van der Waals surface area contributed by atoms with E-state index in [0.29, 0.717) is 29.3 Å². The van der Waals surface area contributed by atoms with Crippen LogP contribution in [0.15, 0.2) is 12.1 Å². The maximum absolute atomic E-state index is 12.2. The summed E-state index contributed by atoms with van der Waals surface area (Å²) in [6.45, 7) is 3.70. The molecule has 2 atom stereocenters. The van der Waals surface area contributed by atoms with Crippen LogP contribution in [-0.4, -0.2) is 35.3 Å². The fourth-order valence-corrected chi connectivity index (χ4v) is 2.67. The van der Waals surface area contributed by atoms with Crippen molar-refractivity contribution >= 4 is 40.8 Å². The highest BCUT2D eigenvalue weighted by atomic mass is 35.5. The van der Waals surface area contributed by atoms with E-state index >= 15 is 0 Å². The quantitative estimate of drug-likeness (QED) is 0.839. The molecule has 126 valence electrons. The third kappa shape index (κ3) is 4.50. The number of nitrogens with one attached hydrogen (secondary N) is 1. The lowest BCUT2D eigenvalue weighted by Gasteiger charge is -2.16. The predicted octanol–water partition coefficient (Wildman–Crippen LogP) is 3.35. The smallest absolute Gasteiger partial charge is 0.332 e. The molecule has 1 aliphatic heterocycles. The van der Waals surface area contributed by atoms with Gasteiger partial charge in [-0.25, -0.2) is 4.79 Å². The van der Waals surface area contributed by atoms with Crippen molar-refractivity contribution in [1.82, 2.24) is 0 Å². The van der Waals surface area contributed by atoms with E-state index < -0.39 is 24.1 Å². The zero-order valence-electron chi connectivity index (χ0n) is 12.6. The lowest BCUT2D eigenvalue weighted by atomic mass is 10.2. The van der Waals surface area contributed by atoms with E-state index in [1.54, 1.807) is 0 Å². The minimum atomic E-state index is -1.07. The number of hydrogen-bond acceptors (Lipinski definition) is 4. The van der Waals surface area contributed by atoms with E-state index in [1.807, 2.05) is 13.8 Å². The monoisotopic (exact) mass is 361 g/mol. The van der Waals surface area contributed by atoms with E-state index in [0.717, 1.165) is 0 Å². The highest BCUT2D eigenvalue weighted by Crippen LogP contribution is 2.35. The summed E-state index contributed by atoms with van der Waals surface area (Å²) in [4.78, 5) is 23.0. The minimum absolute atomic E-state index is 0.0910. The van der Waals surface area contributed by atoms with Crippen LogP contribution in [0.25, 0.3) is 0 Å². The van der Waals surface area contributed by atoms with Gasteiger partial charge in [-0.1, -0.05) is 23.2 Å². The molecule has 2 rings (SSSR count). The second-order valence-corrected chi connectivity index (χ2v) is 6.26. The first-order valence-electron chi connectivity index (χ1n) is 7.12. The van der Waals surface area contributed by atoms with Gasteiger partial charge in [-0.2, -0.15) is 0 Å². The van der Waals surface area contributed by atoms with Crippen molar-refractivity contribution in [2.24, 2.45) is 0 Å². The molecule has 0 aromatic heterocycles. The highest BCUT2D eigenvalue weighted by Gasteiger charge is 2.35. The Morgan fingerprint density at radius 2 is 1.91 bits per heavy atom. The Bertz CT molecular complexity index is 620. The molecule has 1 aromatic rings. The van der Waals surface area contributed by atoms with Crippen LogP contribution in [0.1, 0.15) is 26.7 Å². The number of amides is 1. The van der Waals surface area contributed by atoms with Crippen LogP contribution in [0, 0.1) is 0 Å². The summed E-state index contributed by atoms with van der Waals surface area (Å²) in [6.07, 6.45) is -1.23. The molecule has 6 nitrogen and oxygen atoms in total. The van der Waals surface area contributed by atoms with E-state index in [-0.39, 0.29) is 11.1 Å². The minimum Gasteiger partial charge on any atom is -0.489 e. The van der Waals surface area contributed by atoms with Gasteiger partial charge in [-0.05, 0) is 32.8 Å². The van der Waals surface area contributed by atoms with Gasteiger partial charge in [-0.3, -0.25) is 4.79 Å². The first-order chi connectivity index (χ1) is 10.8. The Hall–Kier alpha value is -1.50. The molecule has 2 N–H and O–H groups in total. The second kappa shape index (κ2) is 7.38. The summed E-state index contributed by atoms with van der Waals surface area (Å²) in [5.41, 5.74) is 0.332. The van der Waals surface area contributed by atoms with E-state index in [2.05, 4.69) is 5.32 Å². The van der Waals surface area contributed by atoms with Crippen molar-refractivity contribution in [3.05, 3.63) is 22.2 Å². The van der Waals surface area contributed by atoms with Crippen LogP contribution in [0.2, 0.25) is 10.0 Å². The van der Waals surface area contributed by atoms with Crippen molar-refractivity contribution in [2.75, 3.05) is 5.32 Å². The summed E-state index contributed by atoms with van der Waals surface area (Å²) in [6, 6.07) is 3.01. The third-order valence-electron chi connectivity index (χ3n) is 3.23. The maximum atomic E-state index is 12.2. The summed E-state index contributed by atoms with van der Waals surface area (Å²) < 4.78 is 10.7. The molecule has 0 spiro atoms. The Morgan fingerprint density at radius 3 is 2.48 bits per heavy atom. The van der Waals surface area contributed by atoms with Crippen LogP contribution in [0.5, 0.6) is 5.75 Å². The van der Waals surface area contributed by atoms with Crippen molar-refractivity contribution in [3.8, 4) is 5.75 Å². The summed E-state index contributed by atoms with van der Waals surface area (Å²) >= 11 is 12.1. The van der Waals surface area contributed by atoms with E-state index in [1.165, 1.54) is 12.1 Å². The number of hydrogen-bond donors (Lipinski definition) is 2. The molecule has 1 amide bonds. The number of carbonyl (C=O) groups excluding carboxylic acids is 1. The van der Waals surface area contributed by atoms with Gasteiger partial charge < -0.3 is 19.9 Å². The molecule has 1 aromatic carbocycles. The average Bonchev–Trinajstić information content (AvgIpc) is 2.93. The predicted molar refractivity (Wildman–Crippen MR) is 86.4 cm³/mol. The lowest BCUT2D eigenvalue weighted by Crippen LogP contribution is -2.30. The molecule has 1 heterocycles. The number of ether oxygens (including phenoxy) is 2. The van der Waals surface area contributed by atoms with E-state index in [9.17, 15) is 9.59 Å². The Balaban J connectivity index is 2.10. The first-order valence-corrected chi connectivity index (χ1v) is 7.88. The Labute approximate surface area is 143 Å². The normalized spacial score (nSPS) is 20.6. The average molecular weight is 362 g/mol. The van der Waals surface area contributed by atoms with Crippen molar-refractivity contribution in [2.45, 2.75) is 45.0 Å². The fraction of sp³-hybridized carbons (Fsp3) is 0.467. The number of benzene rings is 1. The number of carbonyl (C=O) groups is 2. The SMILES string of the molecule is CC(C)Oc1cc(NC(=O)C2CC[C@H](C(=O)O)O2)c(Cl)cc1Cl. The van der Waals surface area contributed by atoms with Gasteiger partial charge >= 0.3 is 5.97 Å². The Morgan fingerprint density at radius 1 is 1.26 bits per heavy atom. The number of carboxylic acids is 1. The maximum Gasteiger partial charge on any atom is 0.332 e. The zero-order chi connectivity index (χ0) is 17.1. The first kappa shape index (κ1) is 17.8. The molecule has 0 bridgehead atoms. The number of aliphatic carboxylic acids is 1. The summed E-state index contributed by atoms with van der Waals surface area (Å²) in [5.74, 6) is -1.12. The highest BCUT2D eigenvalue weighted by molar-refractivity contribution is 6.37. The van der Waals surface area contributed by atoms with Gasteiger partial charge in [0.25, 0.3) is 5.91 Å². The van der Waals surface area contributed by atoms with Gasteiger partial charge in [0.15, 0.2) is 6.10 Å². The topological polar surface area (TPSA) is 84.9 Å². The molecule has 1 aliphatic rings. The second-order valence-electron chi connectivity index (χ2n) is 5.45. The van der Waals surface area contributed by atoms with Crippen molar-refractivity contribution in [3.63, 3.8) is 0 Å². The van der Waals surface area contributed by atoms with Crippen LogP contribution in [0.3, 0.4) is 0 Å². The summed E-state index contributed by atoms with van der Waals surface area (Å²) in [5, 5.41) is 12.1. The largest absolute Gasteiger partial charge is 0.489 e. The lowest BCUT2D eigenvalue weighted by molar-refractivity contribution is -0.150. The van der Waals surface area contributed by atoms with Crippen LogP contribution in [0.4, 0.5) is 5.69 Å². The third-order valence-corrected chi connectivity index (χ3v) is 3.84. The van der Waals surface area contributed by atoms with Gasteiger partial charge in [0.05, 0.1) is 21.8 Å². The Kier molecular flexibility index (Phi) is 5.73.